The fourth-order valence-electron chi connectivity index (χ4n) is 3.49. The van der Waals surface area contributed by atoms with Crippen LogP contribution in [-0.2, 0) is 9.59 Å². The maximum atomic E-state index is 12.6. The summed E-state index contributed by atoms with van der Waals surface area (Å²) in [4.78, 5) is 53.8. The number of carbonyl (C=O) groups is 4. The van der Waals surface area contributed by atoms with Gasteiger partial charge in [-0.05, 0) is 49.7 Å². The monoisotopic (exact) mass is 442 g/mol. The van der Waals surface area contributed by atoms with Gasteiger partial charge in [-0.25, -0.2) is 0 Å². The molecule has 9 heteroatoms. The molecule has 1 aromatic carbocycles. The first-order valence-corrected chi connectivity index (χ1v) is 10.8. The zero-order valence-electron chi connectivity index (χ0n) is 18.0. The molecular weight excluding hydrogens is 416 g/mol. The average Bonchev–Trinajstić information content (AvgIpc) is 3.32. The maximum Gasteiger partial charge on any atom is 0.261 e. The number of nitrogens with zero attached hydrogens (tertiary/aromatic N) is 2. The van der Waals surface area contributed by atoms with E-state index in [2.05, 4.69) is 10.6 Å². The van der Waals surface area contributed by atoms with Crippen molar-refractivity contribution < 1.29 is 19.2 Å². The van der Waals surface area contributed by atoms with Gasteiger partial charge in [-0.2, -0.15) is 0 Å². The van der Waals surface area contributed by atoms with Crippen molar-refractivity contribution in [3.05, 3.63) is 51.2 Å². The maximum absolute atomic E-state index is 12.6. The molecule has 164 valence electrons. The topological polar surface area (TPSA) is 98.8 Å². The van der Waals surface area contributed by atoms with E-state index >= 15 is 0 Å². The van der Waals surface area contributed by atoms with E-state index in [0.29, 0.717) is 28.2 Å². The molecule has 1 saturated heterocycles. The van der Waals surface area contributed by atoms with E-state index in [1.165, 1.54) is 23.3 Å². The molecule has 1 fully saturated rings. The average molecular weight is 443 g/mol. The molecule has 2 N–H and O–H groups in total. The molecule has 4 amide bonds. The van der Waals surface area contributed by atoms with Gasteiger partial charge in [-0.1, -0.05) is 0 Å². The number of aryl methyl sites for hydroxylation is 2. The summed E-state index contributed by atoms with van der Waals surface area (Å²) in [6.45, 7) is 4.07. The summed E-state index contributed by atoms with van der Waals surface area (Å²) in [6.07, 6.45) is 0.227. The Morgan fingerprint density at radius 3 is 2.55 bits per heavy atom. The van der Waals surface area contributed by atoms with E-state index < -0.39 is 0 Å². The number of anilines is 1. The van der Waals surface area contributed by atoms with Crippen molar-refractivity contribution in [2.45, 2.75) is 26.3 Å². The summed E-state index contributed by atoms with van der Waals surface area (Å²) >= 11 is 1.42. The van der Waals surface area contributed by atoms with E-state index in [9.17, 15) is 19.2 Å². The molecule has 1 unspecified atom stereocenters. The molecule has 1 aliphatic heterocycles. The molecule has 0 radical (unpaired) electrons. The van der Waals surface area contributed by atoms with Crippen LogP contribution in [-0.4, -0.2) is 61.8 Å². The minimum atomic E-state index is -0.275. The van der Waals surface area contributed by atoms with Gasteiger partial charge >= 0.3 is 0 Å². The Labute approximate surface area is 185 Å². The Morgan fingerprint density at radius 2 is 1.94 bits per heavy atom. The lowest BCUT2D eigenvalue weighted by atomic mass is 10.1. The molecule has 1 aliphatic rings. The number of thiophene rings is 1. The van der Waals surface area contributed by atoms with Crippen molar-refractivity contribution in [2.75, 3.05) is 32.1 Å². The van der Waals surface area contributed by atoms with Crippen molar-refractivity contribution >= 4 is 40.7 Å². The van der Waals surface area contributed by atoms with Crippen LogP contribution in [0.1, 0.15) is 36.9 Å². The summed E-state index contributed by atoms with van der Waals surface area (Å²) in [5, 5.41) is 5.42. The van der Waals surface area contributed by atoms with Gasteiger partial charge in [0.25, 0.3) is 11.8 Å². The van der Waals surface area contributed by atoms with Crippen LogP contribution in [0, 0.1) is 13.8 Å². The fraction of sp³-hybridized carbons (Fsp3) is 0.364. The lowest BCUT2D eigenvalue weighted by Crippen LogP contribution is -2.37. The predicted octanol–water partition coefficient (Wildman–Crippen LogP) is 1.72. The van der Waals surface area contributed by atoms with Crippen LogP contribution in [0.5, 0.6) is 0 Å². The number of rotatable bonds is 6. The quantitative estimate of drug-likeness (QED) is 0.712. The number of likely N-dealkylation sites (N-methyl/N-ethyl adjacent to an activating group) is 2. The fourth-order valence-corrected chi connectivity index (χ4v) is 4.27. The lowest BCUT2D eigenvalue weighted by molar-refractivity contribution is -0.121. The van der Waals surface area contributed by atoms with Crippen molar-refractivity contribution in [3.63, 3.8) is 0 Å². The standard InChI is InChI=1S/C22H26N4O4S/c1-13-9-16(6-7-17(13)22(30)25(4)12-19(27)23-3)26-11-15(10-20(26)28)24-21(29)18-8-5-14(2)31-18/h5-9,15H,10-12H2,1-4H3,(H,23,27)(H,24,29). The summed E-state index contributed by atoms with van der Waals surface area (Å²) in [5.74, 6) is -0.771. The smallest absolute Gasteiger partial charge is 0.261 e. The summed E-state index contributed by atoms with van der Waals surface area (Å²) in [7, 11) is 3.09. The van der Waals surface area contributed by atoms with Crippen LogP contribution in [0.15, 0.2) is 30.3 Å². The summed E-state index contributed by atoms with van der Waals surface area (Å²) < 4.78 is 0. The molecule has 31 heavy (non-hydrogen) atoms. The number of nitrogens with one attached hydrogen (secondary N) is 2. The third kappa shape index (κ3) is 5.11. The molecule has 3 rings (SSSR count). The summed E-state index contributed by atoms with van der Waals surface area (Å²) in [6, 6.07) is 8.57. The first kappa shape index (κ1) is 22.5. The minimum absolute atomic E-state index is 0.0354. The third-order valence-electron chi connectivity index (χ3n) is 5.18. The largest absolute Gasteiger partial charge is 0.358 e. The van der Waals surface area contributed by atoms with Crippen molar-refractivity contribution in [1.82, 2.24) is 15.5 Å². The second-order valence-corrected chi connectivity index (χ2v) is 8.91. The Morgan fingerprint density at radius 1 is 1.19 bits per heavy atom. The van der Waals surface area contributed by atoms with Crippen LogP contribution >= 0.6 is 11.3 Å². The molecule has 0 aliphatic carbocycles. The predicted molar refractivity (Wildman–Crippen MR) is 119 cm³/mol. The highest BCUT2D eigenvalue weighted by Gasteiger charge is 2.32. The van der Waals surface area contributed by atoms with Gasteiger partial charge < -0.3 is 20.4 Å². The highest BCUT2D eigenvalue weighted by Crippen LogP contribution is 2.25. The third-order valence-corrected chi connectivity index (χ3v) is 6.18. The second kappa shape index (κ2) is 9.30. The molecule has 1 atom stereocenters. The normalized spacial score (nSPS) is 15.7. The van der Waals surface area contributed by atoms with Gasteiger partial charge in [0, 0.05) is 43.2 Å². The van der Waals surface area contributed by atoms with Gasteiger partial charge in [0.2, 0.25) is 11.8 Å². The van der Waals surface area contributed by atoms with Crippen molar-refractivity contribution in [2.24, 2.45) is 0 Å². The van der Waals surface area contributed by atoms with Crippen LogP contribution in [0.25, 0.3) is 0 Å². The second-order valence-electron chi connectivity index (χ2n) is 7.62. The minimum Gasteiger partial charge on any atom is -0.358 e. The van der Waals surface area contributed by atoms with Crippen molar-refractivity contribution in [1.29, 1.82) is 0 Å². The zero-order valence-corrected chi connectivity index (χ0v) is 18.8. The van der Waals surface area contributed by atoms with Gasteiger partial charge in [-0.3, -0.25) is 19.2 Å². The van der Waals surface area contributed by atoms with Crippen LogP contribution in [0.2, 0.25) is 0 Å². The SMILES string of the molecule is CNC(=O)CN(C)C(=O)c1ccc(N2CC(NC(=O)c3ccc(C)s3)CC2=O)cc1C. The molecule has 2 heterocycles. The molecule has 0 saturated carbocycles. The molecular formula is C22H26N4O4S. The first-order valence-electron chi connectivity index (χ1n) is 9.94. The van der Waals surface area contributed by atoms with E-state index in [1.54, 1.807) is 43.1 Å². The summed E-state index contributed by atoms with van der Waals surface area (Å²) in [5.41, 5.74) is 1.86. The van der Waals surface area contributed by atoms with Gasteiger partial charge in [0.1, 0.15) is 0 Å². The van der Waals surface area contributed by atoms with E-state index in [0.717, 1.165) is 4.88 Å². The Bertz CT molecular complexity index is 1030. The number of hydrogen-bond acceptors (Lipinski definition) is 5. The van der Waals surface area contributed by atoms with E-state index in [1.807, 2.05) is 13.0 Å². The number of benzene rings is 1. The van der Waals surface area contributed by atoms with Crippen LogP contribution in [0.3, 0.4) is 0 Å². The highest BCUT2D eigenvalue weighted by molar-refractivity contribution is 7.13. The zero-order chi connectivity index (χ0) is 22.7. The Balaban J connectivity index is 1.68. The van der Waals surface area contributed by atoms with E-state index in [4.69, 9.17) is 0 Å². The Hall–Kier alpha value is -3.20. The lowest BCUT2D eigenvalue weighted by Gasteiger charge is -2.21. The van der Waals surface area contributed by atoms with Crippen LogP contribution in [0.4, 0.5) is 5.69 Å². The number of carbonyl (C=O) groups excluding carboxylic acids is 4. The molecule has 0 spiro atoms. The molecule has 0 bridgehead atoms. The van der Waals surface area contributed by atoms with Gasteiger partial charge in [0.05, 0.1) is 17.5 Å². The molecule has 2 aromatic rings. The number of amides is 4. The highest BCUT2D eigenvalue weighted by atomic mass is 32.1. The van der Waals surface area contributed by atoms with Gasteiger partial charge in [-0.15, -0.1) is 11.3 Å². The Kier molecular flexibility index (Phi) is 6.74. The van der Waals surface area contributed by atoms with Crippen molar-refractivity contribution in [3.8, 4) is 0 Å². The molecule has 1 aromatic heterocycles. The van der Waals surface area contributed by atoms with Crippen LogP contribution < -0.4 is 15.5 Å². The van der Waals surface area contributed by atoms with Gasteiger partial charge in [0.15, 0.2) is 0 Å². The molecule has 8 nitrogen and oxygen atoms in total. The number of hydrogen-bond donors (Lipinski definition) is 2. The first-order chi connectivity index (χ1) is 14.7. The van der Waals surface area contributed by atoms with E-state index in [-0.39, 0.29) is 42.6 Å².